The Hall–Kier alpha value is -1.40. The maximum atomic E-state index is 11.7. The molecule has 3 N–H and O–H groups in total. The number of nitrogens with zero attached hydrogens (tertiary/aromatic N) is 2. The molecule has 2 aliphatic heterocycles. The predicted octanol–water partition coefficient (Wildman–Crippen LogP) is -0.286. The van der Waals surface area contributed by atoms with Gasteiger partial charge in [0.25, 0.3) is 5.56 Å². The van der Waals surface area contributed by atoms with E-state index in [0.29, 0.717) is 12.4 Å². The van der Waals surface area contributed by atoms with Crippen LogP contribution in [0.3, 0.4) is 0 Å². The van der Waals surface area contributed by atoms with Gasteiger partial charge in [-0.3, -0.25) is 4.79 Å². The van der Waals surface area contributed by atoms with Gasteiger partial charge in [0.05, 0.1) is 13.2 Å². The van der Waals surface area contributed by atoms with E-state index >= 15 is 0 Å². The Kier molecular flexibility index (Phi) is 2.83. The third-order valence-electron chi connectivity index (χ3n) is 4.22. The highest BCUT2D eigenvalue weighted by Gasteiger charge is 2.44. The molecule has 98 valence electrons. The van der Waals surface area contributed by atoms with Crippen molar-refractivity contribution in [3.05, 3.63) is 22.7 Å². The normalized spacial score (nSPS) is 26.7. The van der Waals surface area contributed by atoms with Gasteiger partial charge < -0.3 is 20.4 Å². The summed E-state index contributed by atoms with van der Waals surface area (Å²) in [4.78, 5) is 20.5. The van der Waals surface area contributed by atoms with Crippen LogP contribution in [0.1, 0.15) is 12.8 Å². The minimum absolute atomic E-state index is 0.109. The molecular weight excluding hydrogens is 232 g/mol. The van der Waals surface area contributed by atoms with Crippen molar-refractivity contribution < 1.29 is 4.74 Å². The average molecular weight is 250 g/mol. The number of anilines is 1. The molecular formula is C12H18N4O2. The van der Waals surface area contributed by atoms with Crippen LogP contribution in [0.5, 0.6) is 0 Å². The Bertz CT molecular complexity index is 479. The number of hydrogen-bond acceptors (Lipinski definition) is 5. The predicted molar refractivity (Wildman–Crippen MR) is 67.5 cm³/mol. The molecule has 1 spiro atoms. The van der Waals surface area contributed by atoms with Gasteiger partial charge in [0, 0.05) is 36.9 Å². The third-order valence-corrected chi connectivity index (χ3v) is 4.22. The van der Waals surface area contributed by atoms with Crippen molar-refractivity contribution in [3.63, 3.8) is 0 Å². The average Bonchev–Trinajstić information content (AvgIpc) is 2.73. The summed E-state index contributed by atoms with van der Waals surface area (Å²) >= 11 is 0. The Balaban J connectivity index is 1.74. The number of H-pyrrole nitrogens is 1. The van der Waals surface area contributed by atoms with E-state index in [9.17, 15) is 4.79 Å². The standard InChI is InChI=1S/C12H18N4O2/c13-9-7-18-8-12(9)1-5-16(6-2-12)10-11(17)15-4-3-14-10/h3-4,9H,1-2,5-8,13H2,(H,15,17)/t9-/m0/s1. The number of aromatic amines is 1. The van der Waals surface area contributed by atoms with Crippen LogP contribution in [-0.2, 0) is 4.74 Å². The highest BCUT2D eigenvalue weighted by molar-refractivity contribution is 5.36. The van der Waals surface area contributed by atoms with Gasteiger partial charge in [-0.2, -0.15) is 0 Å². The molecule has 3 heterocycles. The summed E-state index contributed by atoms with van der Waals surface area (Å²) in [5.41, 5.74) is 6.12. The lowest BCUT2D eigenvalue weighted by Gasteiger charge is -2.40. The van der Waals surface area contributed by atoms with E-state index in [1.807, 2.05) is 4.90 Å². The van der Waals surface area contributed by atoms with E-state index in [0.717, 1.165) is 32.5 Å². The van der Waals surface area contributed by atoms with Crippen molar-refractivity contribution >= 4 is 5.82 Å². The Morgan fingerprint density at radius 3 is 2.89 bits per heavy atom. The SMILES string of the molecule is N[C@H]1COCC12CCN(c1ncc[nH]c1=O)CC2. The van der Waals surface area contributed by atoms with Crippen molar-refractivity contribution in [2.75, 3.05) is 31.2 Å². The molecule has 1 aromatic rings. The van der Waals surface area contributed by atoms with Gasteiger partial charge in [-0.15, -0.1) is 0 Å². The molecule has 0 aliphatic carbocycles. The van der Waals surface area contributed by atoms with Gasteiger partial charge in [-0.05, 0) is 12.8 Å². The van der Waals surface area contributed by atoms with Gasteiger partial charge in [0.1, 0.15) is 0 Å². The van der Waals surface area contributed by atoms with E-state index in [1.54, 1.807) is 12.4 Å². The van der Waals surface area contributed by atoms with Crippen LogP contribution >= 0.6 is 0 Å². The third kappa shape index (κ3) is 1.81. The van der Waals surface area contributed by atoms with Crippen molar-refractivity contribution in [1.29, 1.82) is 0 Å². The summed E-state index contributed by atoms with van der Waals surface area (Å²) in [7, 11) is 0. The summed E-state index contributed by atoms with van der Waals surface area (Å²) in [6, 6.07) is 0.127. The first-order chi connectivity index (χ1) is 8.71. The van der Waals surface area contributed by atoms with Crippen LogP contribution in [0, 0.1) is 5.41 Å². The highest BCUT2D eigenvalue weighted by Crippen LogP contribution is 2.38. The lowest BCUT2D eigenvalue weighted by molar-refractivity contribution is 0.131. The number of nitrogens with one attached hydrogen (secondary N) is 1. The lowest BCUT2D eigenvalue weighted by atomic mass is 9.75. The van der Waals surface area contributed by atoms with Gasteiger partial charge in [-0.25, -0.2) is 4.98 Å². The molecule has 0 saturated carbocycles. The quantitative estimate of drug-likeness (QED) is 0.715. The Labute approximate surface area is 105 Å². The molecule has 18 heavy (non-hydrogen) atoms. The first-order valence-corrected chi connectivity index (χ1v) is 6.33. The smallest absolute Gasteiger partial charge is 0.290 e. The first kappa shape index (κ1) is 11.7. The summed E-state index contributed by atoms with van der Waals surface area (Å²) < 4.78 is 5.49. The molecule has 6 nitrogen and oxygen atoms in total. The summed E-state index contributed by atoms with van der Waals surface area (Å²) in [5, 5.41) is 0. The first-order valence-electron chi connectivity index (χ1n) is 6.33. The fourth-order valence-corrected chi connectivity index (χ4v) is 2.92. The van der Waals surface area contributed by atoms with Gasteiger partial charge in [-0.1, -0.05) is 0 Å². The largest absolute Gasteiger partial charge is 0.379 e. The molecule has 0 bridgehead atoms. The van der Waals surface area contributed by atoms with Gasteiger partial charge in [0.15, 0.2) is 5.82 Å². The summed E-state index contributed by atoms with van der Waals surface area (Å²) in [6.07, 6.45) is 5.10. The molecule has 1 aromatic heterocycles. The van der Waals surface area contributed by atoms with Crippen molar-refractivity contribution in [2.24, 2.45) is 11.1 Å². The summed E-state index contributed by atoms with van der Waals surface area (Å²) in [6.45, 7) is 3.04. The molecule has 0 amide bonds. The fourth-order valence-electron chi connectivity index (χ4n) is 2.92. The number of aromatic nitrogens is 2. The fraction of sp³-hybridized carbons (Fsp3) is 0.667. The molecule has 2 aliphatic rings. The van der Waals surface area contributed by atoms with Crippen LogP contribution in [0.2, 0.25) is 0 Å². The van der Waals surface area contributed by atoms with Crippen molar-refractivity contribution in [3.8, 4) is 0 Å². The van der Waals surface area contributed by atoms with Gasteiger partial charge in [0.2, 0.25) is 0 Å². The maximum absolute atomic E-state index is 11.7. The maximum Gasteiger partial charge on any atom is 0.290 e. The zero-order chi connectivity index (χ0) is 12.6. The van der Waals surface area contributed by atoms with E-state index in [1.165, 1.54) is 0 Å². The van der Waals surface area contributed by atoms with Crippen LogP contribution in [0.25, 0.3) is 0 Å². The van der Waals surface area contributed by atoms with Crippen molar-refractivity contribution in [1.82, 2.24) is 9.97 Å². The zero-order valence-electron chi connectivity index (χ0n) is 10.3. The number of piperidine rings is 1. The molecule has 0 radical (unpaired) electrons. The molecule has 0 unspecified atom stereocenters. The second-order valence-corrected chi connectivity index (χ2v) is 5.21. The molecule has 1 atom stereocenters. The van der Waals surface area contributed by atoms with Gasteiger partial charge >= 0.3 is 0 Å². The molecule has 2 fully saturated rings. The minimum Gasteiger partial charge on any atom is -0.379 e. The summed E-state index contributed by atoms with van der Waals surface area (Å²) in [5.74, 6) is 0.514. The molecule has 2 saturated heterocycles. The number of nitrogens with two attached hydrogens (primary N) is 1. The Morgan fingerprint density at radius 1 is 1.50 bits per heavy atom. The topological polar surface area (TPSA) is 84.2 Å². The molecule has 0 aromatic carbocycles. The van der Waals surface area contributed by atoms with Crippen molar-refractivity contribution in [2.45, 2.75) is 18.9 Å². The molecule has 6 heteroatoms. The van der Waals surface area contributed by atoms with Crippen LogP contribution < -0.4 is 16.2 Å². The molecule has 3 rings (SSSR count). The van der Waals surface area contributed by atoms with Crippen LogP contribution in [0.15, 0.2) is 17.2 Å². The number of hydrogen-bond donors (Lipinski definition) is 2. The van der Waals surface area contributed by atoms with Crippen LogP contribution in [0.4, 0.5) is 5.82 Å². The lowest BCUT2D eigenvalue weighted by Crippen LogP contribution is -2.50. The monoisotopic (exact) mass is 250 g/mol. The Morgan fingerprint density at radius 2 is 2.28 bits per heavy atom. The number of ether oxygens (including phenoxy) is 1. The number of rotatable bonds is 1. The minimum atomic E-state index is -0.125. The van der Waals surface area contributed by atoms with Crippen LogP contribution in [-0.4, -0.2) is 42.3 Å². The zero-order valence-corrected chi connectivity index (χ0v) is 10.3. The van der Waals surface area contributed by atoms with E-state index in [-0.39, 0.29) is 17.0 Å². The van der Waals surface area contributed by atoms with E-state index in [4.69, 9.17) is 10.5 Å². The van der Waals surface area contributed by atoms with E-state index in [2.05, 4.69) is 9.97 Å². The second-order valence-electron chi connectivity index (χ2n) is 5.21. The highest BCUT2D eigenvalue weighted by atomic mass is 16.5. The second kappa shape index (κ2) is 4.37. The van der Waals surface area contributed by atoms with E-state index < -0.39 is 0 Å².